The number of aromatic nitrogens is 2. The van der Waals surface area contributed by atoms with Crippen LogP contribution in [-0.4, -0.2) is 45.5 Å². The molecule has 1 radical (unpaired) electrons. The van der Waals surface area contributed by atoms with Gasteiger partial charge in [0.15, 0.2) is 0 Å². The van der Waals surface area contributed by atoms with Gasteiger partial charge in [0.25, 0.3) is 0 Å². The Labute approximate surface area is 193 Å². The molecule has 179 valence electrons. The maximum absolute atomic E-state index is 12.0. The fraction of sp³-hybridized carbons (Fsp3) is 0.222. The maximum atomic E-state index is 12.0. The van der Waals surface area contributed by atoms with Crippen LogP contribution in [0.4, 0.5) is 26.3 Å². The Balaban J connectivity index is 0.000000602. The van der Waals surface area contributed by atoms with Gasteiger partial charge in [-0.25, -0.2) is 0 Å². The molecule has 2 aromatic heterocycles. The molecule has 2 heterocycles. The second-order valence-corrected chi connectivity index (χ2v) is 5.65. The average molecular weight is 519 g/mol. The van der Waals surface area contributed by atoms with Gasteiger partial charge in [-0.3, -0.25) is 9.97 Å². The Morgan fingerprint density at radius 1 is 0.636 bits per heavy atom. The predicted octanol–water partition coefficient (Wildman–Crippen LogP) is 2.25. The minimum atomic E-state index is -4.57. The van der Waals surface area contributed by atoms with E-state index in [1.54, 1.807) is 0 Å². The molecule has 0 saturated heterocycles. The Hall–Kier alpha value is -3.33. The summed E-state index contributed by atoms with van der Waals surface area (Å²) in [6.07, 6.45) is -3.79. The number of alkyl halides is 6. The predicted molar refractivity (Wildman–Crippen MR) is 99.9 cm³/mol. The second kappa shape index (κ2) is 13.3. The van der Waals surface area contributed by atoms with E-state index in [9.17, 15) is 36.6 Å². The molecule has 0 unspecified atom stereocenters. The molecule has 0 saturated carbocycles. The first-order valence-electron chi connectivity index (χ1n) is 8.36. The zero-order valence-corrected chi connectivity index (χ0v) is 17.8. The molecule has 33 heavy (non-hydrogen) atoms. The van der Waals surface area contributed by atoms with E-state index in [1.165, 1.54) is 49.1 Å². The van der Waals surface area contributed by atoms with Crippen LogP contribution in [0.3, 0.4) is 0 Å². The van der Waals surface area contributed by atoms with Gasteiger partial charge in [0, 0.05) is 36.6 Å². The largest absolute Gasteiger partial charge is 2.00 e. The molecule has 0 amide bonds. The van der Waals surface area contributed by atoms with E-state index in [0.717, 1.165) is 13.8 Å². The molecule has 0 atom stereocenters. The molecule has 0 spiro atoms. The first-order chi connectivity index (χ1) is 14.8. The van der Waals surface area contributed by atoms with E-state index in [2.05, 4.69) is 30.4 Å². The summed E-state index contributed by atoms with van der Waals surface area (Å²) in [5.41, 5.74) is -2.08. The van der Waals surface area contributed by atoms with Crippen molar-refractivity contribution in [3.8, 4) is 0 Å². The van der Waals surface area contributed by atoms with Gasteiger partial charge in [-0.05, 0) is 49.2 Å². The molecule has 8 nitrogen and oxygen atoms in total. The van der Waals surface area contributed by atoms with Gasteiger partial charge in [0.05, 0.1) is 0 Å². The molecule has 0 aliphatic heterocycles. The number of nitrogens with zero attached hydrogens (tertiary/aromatic N) is 6. The Morgan fingerprint density at radius 2 is 0.909 bits per heavy atom. The van der Waals surface area contributed by atoms with Gasteiger partial charge in [0.2, 0.25) is 0 Å². The van der Waals surface area contributed by atoms with Crippen molar-refractivity contribution in [1.29, 1.82) is 0 Å². The zero-order valence-electron chi connectivity index (χ0n) is 16.7. The quantitative estimate of drug-likeness (QED) is 0.266. The smallest absolute Gasteiger partial charge is 0.857 e. The molecule has 0 bridgehead atoms. The number of hydrogen-bond donors (Lipinski definition) is 0. The van der Waals surface area contributed by atoms with Crippen molar-refractivity contribution < 1.29 is 53.3 Å². The fourth-order valence-corrected chi connectivity index (χ4v) is 1.46. The van der Waals surface area contributed by atoms with Crippen molar-refractivity contribution >= 4 is 23.2 Å². The molecule has 2 rings (SSSR count). The van der Waals surface area contributed by atoms with Gasteiger partial charge >= 0.3 is 29.1 Å². The van der Waals surface area contributed by atoms with Crippen LogP contribution in [0.2, 0.25) is 0 Å². The first kappa shape index (κ1) is 29.7. The van der Waals surface area contributed by atoms with Crippen molar-refractivity contribution in [2.45, 2.75) is 26.2 Å². The number of pyridine rings is 2. The number of hydrogen-bond acceptors (Lipinski definition) is 8. The summed E-state index contributed by atoms with van der Waals surface area (Å²) in [5.74, 6) is -1.68. The van der Waals surface area contributed by atoms with E-state index in [4.69, 9.17) is 0 Å². The molecular weight excluding hydrogens is 505 g/mol. The van der Waals surface area contributed by atoms with Gasteiger partial charge in [-0.15, -0.1) is 0 Å². The summed E-state index contributed by atoms with van der Waals surface area (Å²) >= 11 is 0. The van der Waals surface area contributed by atoms with E-state index >= 15 is 0 Å². The van der Waals surface area contributed by atoms with Crippen molar-refractivity contribution in [2.75, 3.05) is 0 Å². The van der Waals surface area contributed by atoms with Crippen LogP contribution in [0.5, 0.6) is 0 Å². The van der Waals surface area contributed by atoms with Crippen molar-refractivity contribution in [3.05, 3.63) is 60.2 Å². The topological polar surface area (TPSA) is 121 Å². The van der Waals surface area contributed by atoms with Crippen LogP contribution in [0.1, 0.15) is 25.0 Å². The average Bonchev–Trinajstić information content (AvgIpc) is 2.75. The molecule has 0 aliphatic carbocycles. The monoisotopic (exact) mass is 519 g/mol. The van der Waals surface area contributed by atoms with Crippen LogP contribution in [-0.2, 0) is 16.8 Å². The maximum Gasteiger partial charge on any atom is 2.00 e. The second-order valence-electron chi connectivity index (χ2n) is 5.65. The Bertz CT molecular complexity index is 911. The van der Waals surface area contributed by atoms with Crippen molar-refractivity contribution in [2.24, 2.45) is 20.4 Å². The fourth-order valence-electron chi connectivity index (χ4n) is 1.46. The van der Waals surface area contributed by atoms with Gasteiger partial charge in [0.1, 0.15) is 11.4 Å². The van der Waals surface area contributed by atoms with Crippen LogP contribution in [0, 0.1) is 0 Å². The summed E-state index contributed by atoms with van der Waals surface area (Å²) in [7, 11) is 0. The molecule has 0 fully saturated rings. The number of halogens is 6. The third-order valence-corrected chi connectivity index (χ3v) is 3.26. The zero-order chi connectivity index (χ0) is 24.4. The Kier molecular flexibility index (Phi) is 11.9. The van der Waals surface area contributed by atoms with E-state index in [-0.39, 0.29) is 27.9 Å². The third-order valence-electron chi connectivity index (χ3n) is 3.26. The van der Waals surface area contributed by atoms with Crippen LogP contribution < -0.4 is 10.2 Å². The Morgan fingerprint density at radius 3 is 1.15 bits per heavy atom. The van der Waals surface area contributed by atoms with E-state index in [0.29, 0.717) is 0 Å². The van der Waals surface area contributed by atoms with Crippen molar-refractivity contribution in [1.82, 2.24) is 9.97 Å². The van der Waals surface area contributed by atoms with Crippen LogP contribution in [0.15, 0.2) is 69.5 Å². The molecule has 0 aromatic carbocycles. The SMILES string of the molecule is C/C(=N\N=C(/[O-])c1ccncc1)C(F)(F)F.C/C(=N\N=C(/[O-])c1ccncc1)C(F)(F)F.[Co+2]. The minimum Gasteiger partial charge on any atom is -0.857 e. The molecule has 0 aliphatic rings. The van der Waals surface area contributed by atoms with E-state index in [1.807, 2.05) is 0 Å². The summed E-state index contributed by atoms with van der Waals surface area (Å²) in [6.45, 7) is 1.48. The molecule has 15 heteroatoms. The molecule has 0 N–H and O–H groups in total. The third kappa shape index (κ3) is 11.2. The van der Waals surface area contributed by atoms with Gasteiger partial charge in [-0.2, -0.15) is 46.7 Å². The number of rotatable bonds is 4. The van der Waals surface area contributed by atoms with Crippen LogP contribution >= 0.6 is 0 Å². The normalized spacial score (nSPS) is 13.6. The van der Waals surface area contributed by atoms with Crippen molar-refractivity contribution in [3.63, 3.8) is 0 Å². The first-order valence-corrected chi connectivity index (χ1v) is 8.36. The molecular formula is C18H14CoF6N6O2. The van der Waals surface area contributed by atoms with E-state index < -0.39 is 35.6 Å². The van der Waals surface area contributed by atoms with Crippen LogP contribution in [0.25, 0.3) is 0 Å². The summed E-state index contributed by atoms with van der Waals surface area (Å²) < 4.78 is 71.9. The summed E-state index contributed by atoms with van der Waals surface area (Å²) in [5, 5.41) is 34.0. The summed E-state index contributed by atoms with van der Waals surface area (Å²) in [4.78, 5) is 7.31. The van der Waals surface area contributed by atoms with Gasteiger partial charge in [-0.1, -0.05) is 0 Å². The molecule has 2 aromatic rings. The summed E-state index contributed by atoms with van der Waals surface area (Å²) in [6, 6.07) is 5.35. The standard InChI is InChI=1S/2C9H8F3N3O.Co/c2*1-6(9(10,11)12)14-15-8(16)7-2-4-13-5-3-7;/h2*2-5H,1H3,(H,15,16);/q;;+2/p-2/b2*14-6+;. The van der Waals surface area contributed by atoms with Gasteiger partial charge < -0.3 is 10.2 Å². The minimum absolute atomic E-state index is 0.